The number of methoxy groups -OCH3 is 1. The van der Waals surface area contributed by atoms with Gasteiger partial charge in [-0.2, -0.15) is 0 Å². The van der Waals surface area contributed by atoms with Crippen LogP contribution >= 0.6 is 0 Å². The van der Waals surface area contributed by atoms with Crippen LogP contribution in [0.4, 0.5) is 0 Å². The predicted octanol–water partition coefficient (Wildman–Crippen LogP) is 0.919. The molecule has 4 nitrogen and oxygen atoms in total. The lowest BCUT2D eigenvalue weighted by molar-refractivity contribution is -0.0334. The van der Waals surface area contributed by atoms with Crippen LogP contribution in [0.25, 0.3) is 0 Å². The van der Waals surface area contributed by atoms with Gasteiger partial charge in [-0.25, -0.2) is 0 Å². The first-order valence-electron chi connectivity index (χ1n) is 6.20. The summed E-state index contributed by atoms with van der Waals surface area (Å²) in [6.07, 6.45) is 4.80. The zero-order chi connectivity index (χ0) is 11.9. The van der Waals surface area contributed by atoms with Crippen molar-refractivity contribution in [2.75, 3.05) is 33.5 Å². The van der Waals surface area contributed by atoms with Gasteiger partial charge in [-0.3, -0.25) is 0 Å². The van der Waals surface area contributed by atoms with Crippen molar-refractivity contribution in [2.24, 2.45) is 11.1 Å². The minimum Gasteiger partial charge on any atom is -0.392 e. The quantitative estimate of drug-likeness (QED) is 0.639. The van der Waals surface area contributed by atoms with E-state index in [1.807, 2.05) is 0 Å². The van der Waals surface area contributed by atoms with Crippen LogP contribution in [0.15, 0.2) is 0 Å². The van der Waals surface area contributed by atoms with Crippen molar-refractivity contribution in [3.8, 4) is 0 Å². The first kappa shape index (κ1) is 13.9. The molecule has 1 rings (SSSR count). The zero-order valence-electron chi connectivity index (χ0n) is 10.3. The van der Waals surface area contributed by atoms with Gasteiger partial charge in [-0.1, -0.05) is 12.8 Å². The van der Waals surface area contributed by atoms with E-state index < -0.39 is 0 Å². The predicted molar refractivity (Wildman–Crippen MR) is 63.3 cm³/mol. The molecular weight excluding hydrogens is 206 g/mol. The highest BCUT2D eigenvalue weighted by Gasteiger charge is 2.38. The molecule has 1 aliphatic rings. The van der Waals surface area contributed by atoms with Crippen LogP contribution in [0.2, 0.25) is 0 Å². The van der Waals surface area contributed by atoms with Gasteiger partial charge in [0.05, 0.1) is 19.3 Å². The third-order valence-corrected chi connectivity index (χ3v) is 3.69. The van der Waals surface area contributed by atoms with Gasteiger partial charge >= 0.3 is 0 Å². The van der Waals surface area contributed by atoms with Gasteiger partial charge in [0.25, 0.3) is 0 Å². The van der Waals surface area contributed by atoms with E-state index >= 15 is 0 Å². The standard InChI is InChI=1S/C12H25NO3/c1-15-8-9-16-7-6-12(10-13)5-3-2-4-11(12)14/h11,14H,2-10,13H2,1H3. The van der Waals surface area contributed by atoms with E-state index in [9.17, 15) is 5.11 Å². The molecule has 0 radical (unpaired) electrons. The molecule has 1 saturated carbocycles. The molecule has 0 bridgehead atoms. The number of ether oxygens (including phenoxy) is 2. The van der Waals surface area contributed by atoms with Gasteiger partial charge in [0.15, 0.2) is 0 Å². The number of nitrogens with two attached hydrogens (primary N) is 1. The minimum atomic E-state index is -0.253. The molecule has 0 aromatic rings. The van der Waals surface area contributed by atoms with E-state index in [-0.39, 0.29) is 11.5 Å². The molecular formula is C12H25NO3. The fourth-order valence-electron chi connectivity index (χ4n) is 2.44. The number of rotatable bonds is 7. The van der Waals surface area contributed by atoms with Crippen LogP contribution in [0.5, 0.6) is 0 Å². The van der Waals surface area contributed by atoms with Crippen molar-refractivity contribution < 1.29 is 14.6 Å². The molecule has 0 saturated heterocycles. The molecule has 2 atom stereocenters. The molecule has 96 valence electrons. The van der Waals surface area contributed by atoms with Crippen LogP contribution < -0.4 is 5.73 Å². The molecule has 0 aromatic carbocycles. The van der Waals surface area contributed by atoms with E-state index in [1.54, 1.807) is 7.11 Å². The van der Waals surface area contributed by atoms with Crippen molar-refractivity contribution in [1.29, 1.82) is 0 Å². The van der Waals surface area contributed by atoms with Gasteiger partial charge in [0.2, 0.25) is 0 Å². The maximum absolute atomic E-state index is 10.1. The lowest BCUT2D eigenvalue weighted by Gasteiger charge is -2.40. The van der Waals surface area contributed by atoms with Crippen molar-refractivity contribution >= 4 is 0 Å². The van der Waals surface area contributed by atoms with Gasteiger partial charge in [0.1, 0.15) is 0 Å². The number of hydrogen-bond donors (Lipinski definition) is 2. The van der Waals surface area contributed by atoms with Crippen molar-refractivity contribution in [1.82, 2.24) is 0 Å². The van der Waals surface area contributed by atoms with Gasteiger partial charge < -0.3 is 20.3 Å². The molecule has 1 aliphatic carbocycles. The van der Waals surface area contributed by atoms with Crippen molar-refractivity contribution in [3.63, 3.8) is 0 Å². The lowest BCUT2D eigenvalue weighted by Crippen LogP contribution is -2.45. The van der Waals surface area contributed by atoms with Crippen molar-refractivity contribution in [2.45, 2.75) is 38.2 Å². The molecule has 4 heteroatoms. The Labute approximate surface area is 98.1 Å². The third kappa shape index (κ3) is 3.70. The number of aliphatic hydroxyl groups is 1. The highest BCUT2D eigenvalue weighted by Crippen LogP contribution is 2.38. The fraction of sp³-hybridized carbons (Fsp3) is 1.00. The summed E-state index contributed by atoms with van der Waals surface area (Å²) in [6, 6.07) is 0. The number of aliphatic hydroxyl groups excluding tert-OH is 1. The highest BCUT2D eigenvalue weighted by atomic mass is 16.5. The monoisotopic (exact) mass is 231 g/mol. The maximum atomic E-state index is 10.1. The van der Waals surface area contributed by atoms with E-state index in [4.69, 9.17) is 15.2 Å². The Kier molecular flexibility index (Phi) is 6.28. The molecule has 16 heavy (non-hydrogen) atoms. The first-order valence-corrected chi connectivity index (χ1v) is 6.20. The fourth-order valence-corrected chi connectivity index (χ4v) is 2.44. The minimum absolute atomic E-state index is 0.106. The zero-order valence-corrected chi connectivity index (χ0v) is 10.3. The largest absolute Gasteiger partial charge is 0.392 e. The molecule has 1 fully saturated rings. The molecule has 0 heterocycles. The second kappa shape index (κ2) is 7.22. The summed E-state index contributed by atoms with van der Waals surface area (Å²) in [6.45, 7) is 2.46. The second-order valence-corrected chi connectivity index (χ2v) is 4.68. The Morgan fingerprint density at radius 2 is 2.12 bits per heavy atom. The third-order valence-electron chi connectivity index (χ3n) is 3.69. The van der Waals surface area contributed by atoms with Crippen LogP contribution in [-0.2, 0) is 9.47 Å². The Balaban J connectivity index is 2.29. The Morgan fingerprint density at radius 1 is 1.31 bits per heavy atom. The second-order valence-electron chi connectivity index (χ2n) is 4.68. The Bertz CT molecular complexity index is 189. The van der Waals surface area contributed by atoms with Crippen LogP contribution in [0.3, 0.4) is 0 Å². The smallest absolute Gasteiger partial charge is 0.0700 e. The van der Waals surface area contributed by atoms with Gasteiger partial charge in [0, 0.05) is 25.7 Å². The average molecular weight is 231 g/mol. The average Bonchev–Trinajstić information content (AvgIpc) is 2.31. The van der Waals surface area contributed by atoms with E-state index in [1.165, 1.54) is 6.42 Å². The molecule has 2 unspecified atom stereocenters. The summed E-state index contributed by atoms with van der Waals surface area (Å²) in [5, 5.41) is 10.1. The Hall–Kier alpha value is -0.160. The molecule has 0 spiro atoms. The maximum Gasteiger partial charge on any atom is 0.0700 e. The van der Waals surface area contributed by atoms with Crippen LogP contribution in [0, 0.1) is 5.41 Å². The summed E-state index contributed by atoms with van der Waals surface area (Å²) in [5.74, 6) is 0. The summed E-state index contributed by atoms with van der Waals surface area (Å²) < 4.78 is 10.4. The normalized spacial score (nSPS) is 30.6. The van der Waals surface area contributed by atoms with E-state index in [2.05, 4.69) is 0 Å². The summed E-state index contributed by atoms with van der Waals surface area (Å²) in [7, 11) is 1.66. The summed E-state index contributed by atoms with van der Waals surface area (Å²) >= 11 is 0. The molecule has 0 aliphatic heterocycles. The molecule has 0 aromatic heterocycles. The first-order chi connectivity index (χ1) is 7.75. The summed E-state index contributed by atoms with van der Waals surface area (Å²) in [4.78, 5) is 0. The SMILES string of the molecule is COCCOCCC1(CN)CCCCC1O. The lowest BCUT2D eigenvalue weighted by atomic mass is 9.70. The van der Waals surface area contributed by atoms with Gasteiger partial charge in [-0.15, -0.1) is 0 Å². The number of hydrogen-bond acceptors (Lipinski definition) is 4. The Morgan fingerprint density at radius 3 is 2.75 bits per heavy atom. The summed E-state index contributed by atoms with van der Waals surface area (Å²) in [5.41, 5.74) is 5.72. The van der Waals surface area contributed by atoms with Gasteiger partial charge in [-0.05, 0) is 19.3 Å². The van der Waals surface area contributed by atoms with E-state index in [0.717, 1.165) is 25.7 Å². The highest BCUT2D eigenvalue weighted by molar-refractivity contribution is 4.90. The molecule has 0 amide bonds. The topological polar surface area (TPSA) is 64.7 Å². The van der Waals surface area contributed by atoms with Crippen molar-refractivity contribution in [3.05, 3.63) is 0 Å². The van der Waals surface area contributed by atoms with Crippen LogP contribution in [-0.4, -0.2) is 44.7 Å². The molecule has 3 N–H and O–H groups in total. The van der Waals surface area contributed by atoms with Crippen LogP contribution in [0.1, 0.15) is 32.1 Å². The van der Waals surface area contributed by atoms with E-state index in [0.29, 0.717) is 26.4 Å².